The lowest BCUT2D eigenvalue weighted by Gasteiger charge is -2.34. The van der Waals surface area contributed by atoms with Gasteiger partial charge in [0.2, 0.25) is 6.79 Å². The van der Waals surface area contributed by atoms with Crippen LogP contribution in [0.3, 0.4) is 0 Å². The van der Waals surface area contributed by atoms with Crippen LogP contribution in [-0.2, 0) is 13.1 Å². The fourth-order valence-electron chi connectivity index (χ4n) is 3.50. The zero-order valence-corrected chi connectivity index (χ0v) is 15.0. The summed E-state index contributed by atoms with van der Waals surface area (Å²) in [5, 5.41) is 10.3. The Hall–Kier alpha value is -2.44. The third-order valence-electron chi connectivity index (χ3n) is 5.00. The molecule has 1 fully saturated rings. The van der Waals surface area contributed by atoms with E-state index in [1.165, 1.54) is 5.56 Å². The molecule has 1 saturated heterocycles. The topological polar surface area (TPSA) is 54.4 Å². The molecule has 0 aliphatic carbocycles. The molecule has 0 atom stereocenters. The smallest absolute Gasteiger partial charge is 0.231 e. The molecule has 6 nitrogen and oxygen atoms in total. The van der Waals surface area contributed by atoms with E-state index in [0.29, 0.717) is 12.5 Å². The zero-order chi connectivity index (χ0) is 17.9. The van der Waals surface area contributed by atoms with Crippen LogP contribution in [0, 0.1) is 0 Å². The number of piperazine rings is 1. The summed E-state index contributed by atoms with van der Waals surface area (Å²) in [6, 6.07) is 11.8. The summed E-state index contributed by atoms with van der Waals surface area (Å²) in [6.07, 6.45) is 0. The number of ether oxygens (including phenoxy) is 3. The van der Waals surface area contributed by atoms with Crippen molar-refractivity contribution in [3.8, 4) is 23.0 Å². The molecule has 4 rings (SSSR count). The van der Waals surface area contributed by atoms with Gasteiger partial charge in [-0.05, 0) is 23.8 Å². The van der Waals surface area contributed by atoms with Gasteiger partial charge in [0.25, 0.3) is 0 Å². The minimum atomic E-state index is 0.248. The number of phenolic OH excluding ortho intramolecular Hbond substituents is 1. The van der Waals surface area contributed by atoms with Gasteiger partial charge in [-0.2, -0.15) is 0 Å². The summed E-state index contributed by atoms with van der Waals surface area (Å²) in [6.45, 7) is 5.91. The number of hydrogen-bond acceptors (Lipinski definition) is 6. The highest BCUT2D eigenvalue weighted by Crippen LogP contribution is 2.33. The Morgan fingerprint density at radius 1 is 0.962 bits per heavy atom. The molecule has 0 amide bonds. The third kappa shape index (κ3) is 3.57. The zero-order valence-electron chi connectivity index (χ0n) is 15.0. The van der Waals surface area contributed by atoms with E-state index in [9.17, 15) is 5.11 Å². The van der Waals surface area contributed by atoms with Crippen molar-refractivity contribution in [2.75, 3.05) is 40.1 Å². The second-order valence-electron chi connectivity index (χ2n) is 6.71. The molecule has 2 aliphatic heterocycles. The predicted octanol–water partition coefficient (Wildman–Crippen LogP) is 2.45. The molecule has 2 aromatic rings. The first-order valence-corrected chi connectivity index (χ1v) is 8.91. The second-order valence-corrected chi connectivity index (χ2v) is 6.71. The lowest BCUT2D eigenvalue weighted by atomic mass is 10.1. The lowest BCUT2D eigenvalue weighted by molar-refractivity contribution is 0.121. The van der Waals surface area contributed by atoms with Crippen LogP contribution in [0.2, 0.25) is 0 Å². The van der Waals surface area contributed by atoms with Crippen molar-refractivity contribution in [3.05, 3.63) is 47.5 Å². The van der Waals surface area contributed by atoms with Gasteiger partial charge in [-0.1, -0.05) is 18.2 Å². The normalized spacial score (nSPS) is 17.4. The van der Waals surface area contributed by atoms with Crippen LogP contribution >= 0.6 is 0 Å². The highest BCUT2D eigenvalue weighted by molar-refractivity contribution is 5.45. The van der Waals surface area contributed by atoms with Crippen molar-refractivity contribution in [1.29, 1.82) is 0 Å². The third-order valence-corrected chi connectivity index (χ3v) is 5.00. The van der Waals surface area contributed by atoms with E-state index in [1.54, 1.807) is 13.2 Å². The summed E-state index contributed by atoms with van der Waals surface area (Å²) >= 11 is 0. The Balaban J connectivity index is 1.32. The summed E-state index contributed by atoms with van der Waals surface area (Å²) in [7, 11) is 1.58. The SMILES string of the molecule is COc1cccc(CN2CCN(Cc3ccc4c(c3)OCO4)CC2)c1O. The van der Waals surface area contributed by atoms with Crippen molar-refractivity contribution < 1.29 is 19.3 Å². The van der Waals surface area contributed by atoms with Crippen LogP contribution in [0.1, 0.15) is 11.1 Å². The van der Waals surface area contributed by atoms with E-state index in [0.717, 1.165) is 56.3 Å². The van der Waals surface area contributed by atoms with Gasteiger partial charge in [-0.15, -0.1) is 0 Å². The summed E-state index contributed by atoms with van der Waals surface area (Å²) in [5.41, 5.74) is 2.15. The first-order chi connectivity index (χ1) is 12.7. The number of phenols is 1. The Morgan fingerprint density at radius 2 is 1.69 bits per heavy atom. The number of methoxy groups -OCH3 is 1. The van der Waals surface area contributed by atoms with Crippen LogP contribution in [0.25, 0.3) is 0 Å². The fraction of sp³-hybridized carbons (Fsp3) is 0.400. The molecule has 2 heterocycles. The maximum atomic E-state index is 10.3. The van der Waals surface area contributed by atoms with E-state index in [4.69, 9.17) is 14.2 Å². The molecule has 26 heavy (non-hydrogen) atoms. The van der Waals surface area contributed by atoms with E-state index in [1.807, 2.05) is 18.2 Å². The average Bonchev–Trinajstić information content (AvgIpc) is 3.13. The Bertz CT molecular complexity index is 772. The number of para-hydroxylation sites is 1. The van der Waals surface area contributed by atoms with Gasteiger partial charge in [-0.3, -0.25) is 9.80 Å². The van der Waals surface area contributed by atoms with Gasteiger partial charge in [-0.25, -0.2) is 0 Å². The Kier molecular flexibility index (Phi) is 4.86. The highest BCUT2D eigenvalue weighted by atomic mass is 16.7. The van der Waals surface area contributed by atoms with Crippen LogP contribution in [0.5, 0.6) is 23.0 Å². The molecule has 2 aliphatic rings. The van der Waals surface area contributed by atoms with Gasteiger partial charge in [0, 0.05) is 44.8 Å². The van der Waals surface area contributed by atoms with Crippen LogP contribution < -0.4 is 14.2 Å². The minimum Gasteiger partial charge on any atom is -0.504 e. The van der Waals surface area contributed by atoms with Crippen molar-refractivity contribution in [2.45, 2.75) is 13.1 Å². The maximum absolute atomic E-state index is 10.3. The van der Waals surface area contributed by atoms with Crippen molar-refractivity contribution in [2.24, 2.45) is 0 Å². The highest BCUT2D eigenvalue weighted by Gasteiger charge is 2.20. The second kappa shape index (κ2) is 7.43. The molecule has 0 aromatic heterocycles. The maximum Gasteiger partial charge on any atom is 0.231 e. The van der Waals surface area contributed by atoms with Gasteiger partial charge >= 0.3 is 0 Å². The number of aromatic hydroxyl groups is 1. The van der Waals surface area contributed by atoms with Gasteiger partial charge in [0.05, 0.1) is 7.11 Å². The monoisotopic (exact) mass is 356 g/mol. The molecule has 0 saturated carbocycles. The van der Waals surface area contributed by atoms with Crippen molar-refractivity contribution in [1.82, 2.24) is 9.80 Å². The molecular weight excluding hydrogens is 332 g/mol. The Morgan fingerprint density at radius 3 is 2.46 bits per heavy atom. The standard InChI is InChI=1S/C20H24N2O4/c1-24-18-4-2-3-16(20(18)23)13-22-9-7-21(8-10-22)12-15-5-6-17-19(11-15)26-14-25-17/h2-6,11,23H,7-10,12-14H2,1H3. The average molecular weight is 356 g/mol. The van der Waals surface area contributed by atoms with Crippen LogP contribution in [0.4, 0.5) is 0 Å². The summed E-state index contributed by atoms with van der Waals surface area (Å²) < 4.78 is 16.0. The number of nitrogens with zero attached hydrogens (tertiary/aromatic N) is 2. The molecule has 0 spiro atoms. The lowest BCUT2D eigenvalue weighted by Crippen LogP contribution is -2.45. The number of benzene rings is 2. The van der Waals surface area contributed by atoms with Gasteiger partial charge in [0.15, 0.2) is 23.0 Å². The molecule has 2 aromatic carbocycles. The van der Waals surface area contributed by atoms with Crippen LogP contribution in [-0.4, -0.2) is 55.0 Å². The fourth-order valence-corrected chi connectivity index (χ4v) is 3.50. The number of rotatable bonds is 5. The number of hydrogen-bond donors (Lipinski definition) is 1. The van der Waals surface area contributed by atoms with E-state index in [2.05, 4.69) is 21.9 Å². The largest absolute Gasteiger partial charge is 0.504 e. The molecule has 138 valence electrons. The predicted molar refractivity (Wildman–Crippen MR) is 97.8 cm³/mol. The molecule has 0 bridgehead atoms. The quantitative estimate of drug-likeness (QED) is 0.888. The number of fused-ring (bicyclic) bond motifs is 1. The van der Waals surface area contributed by atoms with Gasteiger partial charge < -0.3 is 19.3 Å². The summed E-state index contributed by atoms with van der Waals surface area (Å²) in [5.74, 6) is 2.45. The summed E-state index contributed by atoms with van der Waals surface area (Å²) in [4.78, 5) is 4.81. The van der Waals surface area contributed by atoms with Crippen molar-refractivity contribution in [3.63, 3.8) is 0 Å². The first kappa shape index (κ1) is 17.0. The minimum absolute atomic E-state index is 0.248. The molecular formula is C20H24N2O4. The Labute approximate surface area is 153 Å². The molecule has 0 unspecified atom stereocenters. The van der Waals surface area contributed by atoms with E-state index in [-0.39, 0.29) is 5.75 Å². The first-order valence-electron chi connectivity index (χ1n) is 8.91. The molecule has 0 radical (unpaired) electrons. The van der Waals surface area contributed by atoms with E-state index >= 15 is 0 Å². The molecule has 1 N–H and O–H groups in total. The molecule has 6 heteroatoms. The van der Waals surface area contributed by atoms with Crippen molar-refractivity contribution >= 4 is 0 Å². The van der Waals surface area contributed by atoms with E-state index < -0.39 is 0 Å². The van der Waals surface area contributed by atoms with Crippen LogP contribution in [0.15, 0.2) is 36.4 Å². The van der Waals surface area contributed by atoms with Gasteiger partial charge in [0.1, 0.15) is 0 Å².